The third kappa shape index (κ3) is 6.36. The third-order valence-electron chi connectivity index (χ3n) is 2.72. The Hall–Kier alpha value is -1.25. The van der Waals surface area contributed by atoms with E-state index >= 15 is 0 Å². The van der Waals surface area contributed by atoms with E-state index in [2.05, 4.69) is 10.0 Å². The van der Waals surface area contributed by atoms with Gasteiger partial charge >= 0.3 is 10.2 Å². The molecule has 0 atom stereocenters. The van der Waals surface area contributed by atoms with Crippen LogP contribution >= 0.6 is 0 Å². The molecular weight excluding hydrogens is 300 g/mol. The van der Waals surface area contributed by atoms with Gasteiger partial charge in [0.05, 0.1) is 5.69 Å². The van der Waals surface area contributed by atoms with Gasteiger partial charge in [-0.3, -0.25) is 4.72 Å². The van der Waals surface area contributed by atoms with Crippen molar-refractivity contribution in [3.05, 3.63) is 29.8 Å². The van der Waals surface area contributed by atoms with Crippen LogP contribution < -0.4 is 10.0 Å². The number of hydrogen-bond acceptors (Lipinski definition) is 3. The highest BCUT2D eigenvalue weighted by molar-refractivity contribution is 7.90. The van der Waals surface area contributed by atoms with Gasteiger partial charge in [-0.25, -0.2) is 8.78 Å². The summed E-state index contributed by atoms with van der Waals surface area (Å²) in [6, 6.07) is 2.86. The standard InChI is InChI=1S/C13H21F2N3O2S/c1-10(2)16-5-4-6-18(3)21(19,20)17-13-8-11(14)7-12(15)9-13/h7-10,16-17H,4-6H2,1-3H3. The van der Waals surface area contributed by atoms with E-state index in [1.54, 1.807) is 0 Å². The summed E-state index contributed by atoms with van der Waals surface area (Å²) in [7, 11) is -2.42. The summed E-state index contributed by atoms with van der Waals surface area (Å²) in [6.45, 7) is 4.99. The van der Waals surface area contributed by atoms with Gasteiger partial charge in [0.25, 0.3) is 0 Å². The van der Waals surface area contributed by atoms with Crippen molar-refractivity contribution in [2.75, 3.05) is 24.9 Å². The largest absolute Gasteiger partial charge is 0.314 e. The van der Waals surface area contributed by atoms with Gasteiger partial charge in [-0.15, -0.1) is 0 Å². The summed E-state index contributed by atoms with van der Waals surface area (Å²) in [5.74, 6) is -1.67. The van der Waals surface area contributed by atoms with Crippen LogP contribution in [0.1, 0.15) is 20.3 Å². The van der Waals surface area contributed by atoms with Gasteiger partial charge in [0.1, 0.15) is 11.6 Å². The molecule has 0 radical (unpaired) electrons. The van der Waals surface area contributed by atoms with Crippen molar-refractivity contribution in [3.8, 4) is 0 Å². The molecule has 0 unspecified atom stereocenters. The molecule has 8 heteroatoms. The van der Waals surface area contributed by atoms with Gasteiger partial charge in [0.2, 0.25) is 0 Å². The minimum atomic E-state index is -3.83. The van der Waals surface area contributed by atoms with Crippen LogP contribution in [0.4, 0.5) is 14.5 Å². The van der Waals surface area contributed by atoms with Crippen LogP contribution in [0.2, 0.25) is 0 Å². The van der Waals surface area contributed by atoms with Crippen molar-refractivity contribution in [1.82, 2.24) is 9.62 Å². The molecule has 0 bridgehead atoms. The van der Waals surface area contributed by atoms with Crippen LogP contribution in [0.5, 0.6) is 0 Å². The van der Waals surface area contributed by atoms with Gasteiger partial charge in [-0.1, -0.05) is 13.8 Å². The number of rotatable bonds is 8. The zero-order chi connectivity index (χ0) is 16.0. The molecule has 0 heterocycles. The van der Waals surface area contributed by atoms with E-state index in [4.69, 9.17) is 0 Å². The molecule has 0 saturated heterocycles. The molecule has 1 aromatic carbocycles. The highest BCUT2D eigenvalue weighted by Crippen LogP contribution is 2.15. The van der Waals surface area contributed by atoms with Gasteiger partial charge in [-0.2, -0.15) is 12.7 Å². The molecule has 120 valence electrons. The Kier molecular flexibility index (Phi) is 6.50. The Labute approximate surface area is 124 Å². The van der Waals surface area contributed by atoms with Crippen LogP contribution in [-0.4, -0.2) is 38.9 Å². The Morgan fingerprint density at radius 1 is 1.19 bits per heavy atom. The maximum Gasteiger partial charge on any atom is 0.301 e. The van der Waals surface area contributed by atoms with E-state index in [9.17, 15) is 17.2 Å². The molecular formula is C13H21F2N3O2S. The normalized spacial score (nSPS) is 12.1. The molecule has 0 fully saturated rings. The molecule has 1 rings (SSSR count). The van der Waals surface area contributed by atoms with Crippen molar-refractivity contribution in [2.24, 2.45) is 0 Å². The lowest BCUT2D eigenvalue weighted by atomic mass is 10.3. The second kappa shape index (κ2) is 7.67. The first kappa shape index (κ1) is 17.8. The molecule has 0 aliphatic heterocycles. The first-order valence-corrected chi connectivity index (χ1v) is 8.08. The van der Waals surface area contributed by atoms with E-state index in [1.807, 2.05) is 13.8 Å². The minimum absolute atomic E-state index is 0.139. The first-order valence-electron chi connectivity index (χ1n) is 6.64. The summed E-state index contributed by atoms with van der Waals surface area (Å²) in [5.41, 5.74) is -0.139. The average Bonchev–Trinajstić information content (AvgIpc) is 2.32. The Morgan fingerprint density at radius 3 is 2.29 bits per heavy atom. The minimum Gasteiger partial charge on any atom is -0.314 e. The van der Waals surface area contributed by atoms with Gasteiger partial charge in [0.15, 0.2) is 0 Å². The average molecular weight is 321 g/mol. The smallest absolute Gasteiger partial charge is 0.301 e. The zero-order valence-electron chi connectivity index (χ0n) is 12.4. The van der Waals surface area contributed by atoms with Crippen molar-refractivity contribution in [2.45, 2.75) is 26.3 Å². The number of nitrogens with one attached hydrogen (secondary N) is 2. The molecule has 21 heavy (non-hydrogen) atoms. The Balaban J connectivity index is 2.59. The molecule has 0 saturated carbocycles. The molecule has 1 aromatic rings. The highest BCUT2D eigenvalue weighted by atomic mass is 32.2. The topological polar surface area (TPSA) is 61.4 Å². The van der Waals surface area contributed by atoms with Crippen molar-refractivity contribution in [1.29, 1.82) is 0 Å². The lowest BCUT2D eigenvalue weighted by Gasteiger charge is -2.18. The zero-order valence-corrected chi connectivity index (χ0v) is 13.2. The third-order valence-corrected chi connectivity index (χ3v) is 4.22. The number of anilines is 1. The van der Waals surface area contributed by atoms with E-state index < -0.39 is 21.8 Å². The van der Waals surface area contributed by atoms with E-state index in [0.29, 0.717) is 31.6 Å². The van der Waals surface area contributed by atoms with Crippen LogP contribution in [0.3, 0.4) is 0 Å². The quantitative estimate of drug-likeness (QED) is 0.719. The summed E-state index contributed by atoms with van der Waals surface area (Å²) in [4.78, 5) is 0. The van der Waals surface area contributed by atoms with Crippen LogP contribution in [-0.2, 0) is 10.2 Å². The maximum atomic E-state index is 13.0. The number of benzene rings is 1. The molecule has 0 aliphatic carbocycles. The monoisotopic (exact) mass is 321 g/mol. The summed E-state index contributed by atoms with van der Waals surface area (Å²) in [6.07, 6.45) is 0.632. The second-order valence-corrected chi connectivity index (χ2v) is 6.83. The lowest BCUT2D eigenvalue weighted by Crippen LogP contribution is -2.35. The van der Waals surface area contributed by atoms with Crippen LogP contribution in [0.25, 0.3) is 0 Å². The van der Waals surface area contributed by atoms with Crippen molar-refractivity contribution >= 4 is 15.9 Å². The number of hydrogen-bond donors (Lipinski definition) is 2. The number of halogens is 2. The molecule has 0 aromatic heterocycles. The Bertz CT molecular complexity index is 544. The predicted octanol–water partition coefficient (Wildman–Crippen LogP) is 1.94. The summed E-state index contributed by atoms with van der Waals surface area (Å²) >= 11 is 0. The molecule has 0 aliphatic rings. The summed E-state index contributed by atoms with van der Waals surface area (Å²) in [5, 5.41) is 3.18. The fraction of sp³-hybridized carbons (Fsp3) is 0.538. The highest BCUT2D eigenvalue weighted by Gasteiger charge is 2.17. The van der Waals surface area contributed by atoms with Crippen molar-refractivity contribution < 1.29 is 17.2 Å². The fourth-order valence-corrected chi connectivity index (χ4v) is 2.59. The van der Waals surface area contributed by atoms with Gasteiger partial charge in [-0.05, 0) is 25.1 Å². The first-order chi connectivity index (χ1) is 9.70. The van der Waals surface area contributed by atoms with Gasteiger partial charge in [0, 0.05) is 25.7 Å². The predicted molar refractivity (Wildman–Crippen MR) is 79.3 cm³/mol. The lowest BCUT2D eigenvalue weighted by molar-refractivity contribution is 0.451. The molecule has 2 N–H and O–H groups in total. The fourth-order valence-electron chi connectivity index (χ4n) is 1.65. The second-order valence-electron chi connectivity index (χ2n) is 5.05. The number of nitrogens with zero attached hydrogens (tertiary/aromatic N) is 1. The van der Waals surface area contributed by atoms with Crippen molar-refractivity contribution in [3.63, 3.8) is 0 Å². The molecule has 0 spiro atoms. The molecule has 5 nitrogen and oxygen atoms in total. The van der Waals surface area contributed by atoms with E-state index in [-0.39, 0.29) is 5.69 Å². The van der Waals surface area contributed by atoms with E-state index in [1.165, 1.54) is 7.05 Å². The maximum absolute atomic E-state index is 13.0. The SMILES string of the molecule is CC(C)NCCCN(C)S(=O)(=O)Nc1cc(F)cc(F)c1. The van der Waals surface area contributed by atoms with Crippen LogP contribution in [0, 0.1) is 11.6 Å². The Morgan fingerprint density at radius 2 is 1.76 bits per heavy atom. The van der Waals surface area contributed by atoms with Crippen LogP contribution in [0.15, 0.2) is 18.2 Å². The van der Waals surface area contributed by atoms with E-state index in [0.717, 1.165) is 16.4 Å². The van der Waals surface area contributed by atoms with Gasteiger partial charge < -0.3 is 5.32 Å². The molecule has 0 amide bonds. The summed E-state index contributed by atoms with van der Waals surface area (Å²) < 4.78 is 53.3.